The second kappa shape index (κ2) is 6.52. The van der Waals surface area contributed by atoms with Gasteiger partial charge in [0.1, 0.15) is 5.75 Å². The smallest absolute Gasteiger partial charge is 0.115 e. The van der Waals surface area contributed by atoms with Crippen LogP contribution < -0.4 is 5.32 Å². The van der Waals surface area contributed by atoms with E-state index < -0.39 is 0 Å². The summed E-state index contributed by atoms with van der Waals surface area (Å²) in [7, 11) is 0. The first-order valence-electron chi connectivity index (χ1n) is 6.20. The Balaban J connectivity index is 1.71. The number of benzene rings is 1. The third-order valence-electron chi connectivity index (χ3n) is 2.73. The van der Waals surface area contributed by atoms with Crippen molar-refractivity contribution in [1.29, 1.82) is 0 Å². The molecule has 96 valence electrons. The van der Waals surface area contributed by atoms with E-state index in [-0.39, 0.29) is 0 Å². The predicted octanol–water partition coefficient (Wildman–Crippen LogP) is 2.74. The highest BCUT2D eigenvalue weighted by molar-refractivity contribution is 7.11. The van der Waals surface area contributed by atoms with Gasteiger partial charge in [0, 0.05) is 17.6 Å². The van der Waals surface area contributed by atoms with E-state index in [4.69, 9.17) is 0 Å². The Morgan fingerprint density at radius 2 is 2.06 bits per heavy atom. The van der Waals surface area contributed by atoms with Crippen LogP contribution in [0, 0.1) is 0 Å². The van der Waals surface area contributed by atoms with Crippen molar-refractivity contribution >= 4 is 11.3 Å². The molecule has 2 rings (SSSR count). The normalized spacial score (nSPS) is 10.7. The van der Waals surface area contributed by atoms with Crippen LogP contribution in [0.25, 0.3) is 0 Å². The number of thiazole rings is 1. The standard InChI is InChI=1S/C14H18N2OS/c1-2-14-16-10-13(18-14)9-15-8-7-11-3-5-12(17)6-4-11/h3-6,10,15,17H,2,7-9H2,1H3. The molecule has 3 nitrogen and oxygen atoms in total. The van der Waals surface area contributed by atoms with E-state index in [1.165, 1.54) is 15.4 Å². The summed E-state index contributed by atoms with van der Waals surface area (Å²) in [6.07, 6.45) is 3.94. The lowest BCUT2D eigenvalue weighted by atomic mass is 10.1. The fourth-order valence-electron chi connectivity index (χ4n) is 1.70. The molecule has 1 aromatic carbocycles. The molecule has 1 aromatic heterocycles. The number of hydrogen-bond acceptors (Lipinski definition) is 4. The molecule has 0 fully saturated rings. The third kappa shape index (κ3) is 3.82. The molecule has 0 saturated heterocycles. The molecular weight excluding hydrogens is 244 g/mol. The van der Waals surface area contributed by atoms with Crippen LogP contribution in [-0.4, -0.2) is 16.6 Å². The van der Waals surface area contributed by atoms with Crippen molar-refractivity contribution in [2.45, 2.75) is 26.3 Å². The lowest BCUT2D eigenvalue weighted by Gasteiger charge is -2.03. The lowest BCUT2D eigenvalue weighted by molar-refractivity contribution is 0.475. The number of aromatic hydroxyl groups is 1. The summed E-state index contributed by atoms with van der Waals surface area (Å²) in [5, 5.41) is 13.8. The van der Waals surface area contributed by atoms with Crippen LogP contribution in [0.4, 0.5) is 0 Å². The minimum absolute atomic E-state index is 0.323. The van der Waals surface area contributed by atoms with Crippen LogP contribution in [0.3, 0.4) is 0 Å². The lowest BCUT2D eigenvalue weighted by Crippen LogP contribution is -2.15. The van der Waals surface area contributed by atoms with Gasteiger partial charge < -0.3 is 10.4 Å². The van der Waals surface area contributed by atoms with Gasteiger partial charge in [0.05, 0.1) is 5.01 Å². The number of nitrogens with zero attached hydrogens (tertiary/aromatic N) is 1. The first kappa shape index (κ1) is 13.1. The molecule has 18 heavy (non-hydrogen) atoms. The summed E-state index contributed by atoms with van der Waals surface area (Å²) < 4.78 is 0. The van der Waals surface area contributed by atoms with Gasteiger partial charge in [0.25, 0.3) is 0 Å². The van der Waals surface area contributed by atoms with E-state index in [0.717, 1.165) is 25.9 Å². The highest BCUT2D eigenvalue weighted by Crippen LogP contribution is 2.13. The number of phenolic OH excluding ortho intramolecular Hbond substituents is 1. The van der Waals surface area contributed by atoms with E-state index in [1.54, 1.807) is 23.5 Å². The molecular formula is C14H18N2OS. The Bertz CT molecular complexity index is 479. The van der Waals surface area contributed by atoms with Crippen LogP contribution in [0.2, 0.25) is 0 Å². The van der Waals surface area contributed by atoms with Gasteiger partial charge in [-0.3, -0.25) is 0 Å². The maximum absolute atomic E-state index is 9.18. The second-order valence-electron chi connectivity index (χ2n) is 4.17. The van der Waals surface area contributed by atoms with E-state index in [1.807, 2.05) is 18.3 Å². The molecule has 0 unspecified atom stereocenters. The molecule has 0 aliphatic carbocycles. The van der Waals surface area contributed by atoms with Crippen molar-refractivity contribution in [2.75, 3.05) is 6.54 Å². The molecule has 1 heterocycles. The summed E-state index contributed by atoms with van der Waals surface area (Å²) in [5.41, 5.74) is 1.24. The van der Waals surface area contributed by atoms with Crippen LogP contribution in [0.15, 0.2) is 30.5 Å². The molecule has 0 amide bonds. The van der Waals surface area contributed by atoms with E-state index >= 15 is 0 Å². The Morgan fingerprint density at radius 3 is 2.72 bits per heavy atom. The van der Waals surface area contributed by atoms with E-state index in [2.05, 4.69) is 17.2 Å². The molecule has 0 aliphatic heterocycles. The van der Waals surface area contributed by atoms with Gasteiger partial charge >= 0.3 is 0 Å². The number of hydrogen-bond donors (Lipinski definition) is 2. The molecule has 4 heteroatoms. The minimum atomic E-state index is 0.323. The summed E-state index contributed by atoms with van der Waals surface area (Å²) in [4.78, 5) is 5.62. The van der Waals surface area contributed by atoms with Gasteiger partial charge in [-0.25, -0.2) is 4.98 Å². The van der Waals surface area contributed by atoms with Crippen LogP contribution in [0.5, 0.6) is 5.75 Å². The number of nitrogens with one attached hydrogen (secondary N) is 1. The first-order valence-corrected chi connectivity index (χ1v) is 7.02. The number of rotatable bonds is 6. The van der Waals surface area contributed by atoms with Crippen LogP contribution >= 0.6 is 11.3 Å². The van der Waals surface area contributed by atoms with Gasteiger partial charge in [-0.05, 0) is 37.1 Å². The number of aromatic nitrogens is 1. The largest absolute Gasteiger partial charge is 0.508 e. The van der Waals surface area contributed by atoms with Crippen molar-refractivity contribution in [3.8, 4) is 5.75 Å². The zero-order chi connectivity index (χ0) is 12.8. The highest BCUT2D eigenvalue weighted by atomic mass is 32.1. The van der Waals surface area contributed by atoms with Gasteiger partial charge in [-0.1, -0.05) is 19.1 Å². The summed E-state index contributed by atoms with van der Waals surface area (Å²) >= 11 is 1.77. The molecule has 0 spiro atoms. The molecule has 0 radical (unpaired) electrons. The van der Waals surface area contributed by atoms with Gasteiger partial charge in [-0.15, -0.1) is 11.3 Å². The maximum Gasteiger partial charge on any atom is 0.115 e. The molecule has 0 atom stereocenters. The average Bonchev–Trinajstić information content (AvgIpc) is 2.85. The predicted molar refractivity (Wildman–Crippen MR) is 75.0 cm³/mol. The summed E-state index contributed by atoms with van der Waals surface area (Å²) in [6, 6.07) is 7.37. The fourth-order valence-corrected chi connectivity index (χ4v) is 2.53. The SMILES string of the molecule is CCc1ncc(CNCCc2ccc(O)cc2)s1. The monoisotopic (exact) mass is 262 g/mol. The summed E-state index contributed by atoms with van der Waals surface area (Å²) in [6.45, 7) is 3.95. The molecule has 0 bridgehead atoms. The Morgan fingerprint density at radius 1 is 1.28 bits per heavy atom. The molecule has 2 aromatic rings. The Kier molecular flexibility index (Phi) is 4.73. The highest BCUT2D eigenvalue weighted by Gasteiger charge is 1.99. The molecule has 0 aliphatic rings. The number of aryl methyl sites for hydroxylation is 1. The molecule has 2 N–H and O–H groups in total. The average molecular weight is 262 g/mol. The topological polar surface area (TPSA) is 45.2 Å². The fraction of sp³-hybridized carbons (Fsp3) is 0.357. The van der Waals surface area contributed by atoms with Gasteiger partial charge in [0.2, 0.25) is 0 Å². The maximum atomic E-state index is 9.18. The van der Waals surface area contributed by atoms with E-state index in [9.17, 15) is 5.11 Å². The van der Waals surface area contributed by atoms with Crippen molar-refractivity contribution < 1.29 is 5.11 Å². The third-order valence-corrected chi connectivity index (χ3v) is 3.87. The first-order chi connectivity index (χ1) is 8.78. The Hall–Kier alpha value is -1.39. The van der Waals surface area contributed by atoms with Crippen LogP contribution in [-0.2, 0) is 19.4 Å². The molecule has 0 saturated carbocycles. The zero-order valence-corrected chi connectivity index (χ0v) is 11.3. The van der Waals surface area contributed by atoms with Gasteiger partial charge in [0.15, 0.2) is 0 Å². The van der Waals surface area contributed by atoms with Gasteiger partial charge in [-0.2, -0.15) is 0 Å². The summed E-state index contributed by atoms with van der Waals surface area (Å²) in [5.74, 6) is 0.323. The Labute approximate surface area is 112 Å². The van der Waals surface area contributed by atoms with Crippen molar-refractivity contribution in [1.82, 2.24) is 10.3 Å². The van der Waals surface area contributed by atoms with Crippen molar-refractivity contribution in [3.05, 3.63) is 45.9 Å². The minimum Gasteiger partial charge on any atom is -0.508 e. The van der Waals surface area contributed by atoms with Crippen molar-refractivity contribution in [2.24, 2.45) is 0 Å². The van der Waals surface area contributed by atoms with Crippen LogP contribution in [0.1, 0.15) is 22.4 Å². The second-order valence-corrected chi connectivity index (χ2v) is 5.37. The number of phenols is 1. The van der Waals surface area contributed by atoms with Crippen molar-refractivity contribution in [3.63, 3.8) is 0 Å². The zero-order valence-electron chi connectivity index (χ0n) is 10.5. The van der Waals surface area contributed by atoms with E-state index in [0.29, 0.717) is 5.75 Å². The quantitative estimate of drug-likeness (QED) is 0.787.